The third-order valence-electron chi connectivity index (χ3n) is 6.61. The van der Waals surface area contributed by atoms with Gasteiger partial charge in [-0.1, -0.05) is 97.0 Å². The number of benzene rings is 1. The topological polar surface area (TPSA) is 22.1 Å². The van der Waals surface area contributed by atoms with Crippen LogP contribution in [0.4, 0.5) is 4.39 Å². The maximum Gasteiger partial charge on any atom is 0.119 e. The quantitative estimate of drug-likeness (QED) is 0.180. The van der Waals surface area contributed by atoms with Crippen molar-refractivity contribution in [3.05, 3.63) is 48.2 Å². The lowest BCUT2D eigenvalue weighted by molar-refractivity contribution is 0.287. The number of nitrogens with zero attached hydrogens (tertiary/aromatic N) is 1. The lowest BCUT2D eigenvalue weighted by atomic mass is 10.0. The molecule has 1 atom stereocenters. The summed E-state index contributed by atoms with van der Waals surface area (Å²) in [5, 5.41) is 0. The maximum absolute atomic E-state index is 14.2. The Labute approximate surface area is 208 Å². The van der Waals surface area contributed by atoms with Crippen molar-refractivity contribution < 1.29 is 9.13 Å². The summed E-state index contributed by atoms with van der Waals surface area (Å²) in [5.74, 6) is 0.920. The van der Waals surface area contributed by atoms with E-state index < -0.39 is 6.17 Å². The van der Waals surface area contributed by atoms with Gasteiger partial charge in [0.25, 0.3) is 0 Å². The van der Waals surface area contributed by atoms with Crippen LogP contribution < -0.4 is 4.74 Å². The van der Waals surface area contributed by atoms with Crippen LogP contribution in [0.2, 0.25) is 0 Å². The van der Waals surface area contributed by atoms with Gasteiger partial charge in [0, 0.05) is 11.8 Å². The Hall–Kier alpha value is -1.90. The SMILES string of the molecule is CCCCCCCCCC(F)CCc1ccc(-c2ccc(OCCCCCCCC)cc2)nc1. The molecule has 190 valence electrons. The zero-order chi connectivity index (χ0) is 24.3. The standard InChI is InChI=1S/C31H48FNO/c1-3-5-7-9-11-12-14-16-29(32)21-17-27-18-24-31(33-26-27)28-19-22-30(23-20-28)34-25-15-13-10-8-6-4-2/h18-20,22-24,26,29H,3-17,21,25H2,1-2H3. The fourth-order valence-electron chi connectivity index (χ4n) is 4.33. The number of halogens is 1. The molecule has 0 radical (unpaired) electrons. The number of pyridine rings is 1. The zero-order valence-electron chi connectivity index (χ0n) is 21.9. The molecule has 0 fully saturated rings. The summed E-state index contributed by atoms with van der Waals surface area (Å²) in [4.78, 5) is 4.62. The van der Waals surface area contributed by atoms with Gasteiger partial charge in [-0.3, -0.25) is 4.98 Å². The van der Waals surface area contributed by atoms with Gasteiger partial charge < -0.3 is 4.74 Å². The van der Waals surface area contributed by atoms with Gasteiger partial charge >= 0.3 is 0 Å². The van der Waals surface area contributed by atoms with Crippen LogP contribution in [-0.4, -0.2) is 17.8 Å². The number of rotatable bonds is 20. The minimum Gasteiger partial charge on any atom is -0.494 e. The van der Waals surface area contributed by atoms with E-state index in [0.29, 0.717) is 12.8 Å². The number of hydrogen-bond acceptors (Lipinski definition) is 2. The molecule has 1 unspecified atom stereocenters. The van der Waals surface area contributed by atoms with E-state index in [-0.39, 0.29) is 0 Å². The first-order valence-electron chi connectivity index (χ1n) is 14.0. The van der Waals surface area contributed by atoms with E-state index in [1.807, 2.05) is 24.4 Å². The number of aryl methyl sites for hydroxylation is 1. The Morgan fingerprint density at radius 1 is 0.706 bits per heavy atom. The molecule has 3 heteroatoms. The summed E-state index contributed by atoms with van der Waals surface area (Å²) >= 11 is 0. The van der Waals surface area contributed by atoms with Crippen molar-refractivity contribution in [2.45, 2.75) is 123 Å². The van der Waals surface area contributed by atoms with E-state index in [1.54, 1.807) is 0 Å². The third kappa shape index (κ3) is 12.5. The molecule has 0 amide bonds. The minimum atomic E-state index is -0.695. The number of hydrogen-bond donors (Lipinski definition) is 0. The third-order valence-corrected chi connectivity index (χ3v) is 6.61. The van der Waals surface area contributed by atoms with Crippen LogP contribution in [0.25, 0.3) is 11.3 Å². The molecule has 1 aromatic carbocycles. The summed E-state index contributed by atoms with van der Waals surface area (Å²) in [5.41, 5.74) is 3.15. The van der Waals surface area contributed by atoms with E-state index in [1.165, 1.54) is 70.6 Å². The first-order valence-corrected chi connectivity index (χ1v) is 14.0. The van der Waals surface area contributed by atoms with Crippen LogP contribution in [-0.2, 0) is 6.42 Å². The molecule has 1 aromatic heterocycles. The lowest BCUT2D eigenvalue weighted by Crippen LogP contribution is -2.02. The Bertz CT molecular complexity index is 728. The molecule has 0 saturated heterocycles. The Morgan fingerprint density at radius 2 is 1.32 bits per heavy atom. The molecule has 2 nitrogen and oxygen atoms in total. The van der Waals surface area contributed by atoms with Gasteiger partial charge in [-0.25, -0.2) is 4.39 Å². The predicted octanol–water partition coefficient (Wildman–Crippen LogP) is 9.90. The van der Waals surface area contributed by atoms with Gasteiger partial charge in [-0.15, -0.1) is 0 Å². The minimum absolute atomic E-state index is 0.599. The van der Waals surface area contributed by atoms with Gasteiger partial charge in [0.1, 0.15) is 11.9 Å². The van der Waals surface area contributed by atoms with E-state index in [2.05, 4.69) is 37.0 Å². The fraction of sp³-hybridized carbons (Fsp3) is 0.645. The van der Waals surface area contributed by atoms with Gasteiger partial charge in [0.2, 0.25) is 0 Å². The first-order chi connectivity index (χ1) is 16.7. The second-order valence-corrected chi connectivity index (χ2v) is 9.74. The second kappa shape index (κ2) is 18.4. The van der Waals surface area contributed by atoms with E-state index in [4.69, 9.17) is 4.74 Å². The molecule has 0 spiro atoms. The first kappa shape index (κ1) is 28.3. The molecule has 0 aliphatic carbocycles. The highest BCUT2D eigenvalue weighted by Crippen LogP contribution is 2.22. The summed E-state index contributed by atoms with van der Waals surface area (Å²) in [7, 11) is 0. The van der Waals surface area contributed by atoms with Gasteiger partial charge in [0.05, 0.1) is 12.3 Å². The van der Waals surface area contributed by atoms with E-state index in [0.717, 1.165) is 48.4 Å². The van der Waals surface area contributed by atoms with Crippen LogP contribution in [0.5, 0.6) is 5.75 Å². The van der Waals surface area contributed by atoms with Crippen LogP contribution in [0.3, 0.4) is 0 Å². The molecule has 0 N–H and O–H groups in total. The monoisotopic (exact) mass is 469 g/mol. The highest BCUT2D eigenvalue weighted by Gasteiger charge is 2.08. The van der Waals surface area contributed by atoms with Crippen molar-refractivity contribution in [2.24, 2.45) is 0 Å². The molecule has 0 saturated carbocycles. The van der Waals surface area contributed by atoms with Crippen LogP contribution in [0.1, 0.15) is 116 Å². The number of alkyl halides is 1. The summed E-state index contributed by atoms with van der Waals surface area (Å²) in [6.45, 7) is 5.27. The van der Waals surface area contributed by atoms with Crippen LogP contribution >= 0.6 is 0 Å². The number of unbranched alkanes of at least 4 members (excludes halogenated alkanes) is 11. The summed E-state index contributed by atoms with van der Waals surface area (Å²) in [6.07, 6.45) is 19.6. The van der Waals surface area contributed by atoms with Crippen molar-refractivity contribution in [3.8, 4) is 17.0 Å². The molecule has 34 heavy (non-hydrogen) atoms. The summed E-state index contributed by atoms with van der Waals surface area (Å²) < 4.78 is 20.1. The van der Waals surface area contributed by atoms with E-state index in [9.17, 15) is 4.39 Å². The molecule has 0 bridgehead atoms. The van der Waals surface area contributed by atoms with Crippen molar-refractivity contribution in [2.75, 3.05) is 6.61 Å². The lowest BCUT2D eigenvalue weighted by Gasteiger charge is -2.09. The Morgan fingerprint density at radius 3 is 1.94 bits per heavy atom. The van der Waals surface area contributed by atoms with Crippen LogP contribution in [0, 0.1) is 0 Å². The normalized spacial score (nSPS) is 12.1. The average Bonchev–Trinajstić information content (AvgIpc) is 2.87. The number of ether oxygens (including phenoxy) is 1. The van der Waals surface area contributed by atoms with Crippen LogP contribution in [0.15, 0.2) is 42.6 Å². The fourth-order valence-corrected chi connectivity index (χ4v) is 4.33. The largest absolute Gasteiger partial charge is 0.494 e. The highest BCUT2D eigenvalue weighted by molar-refractivity contribution is 5.60. The molecule has 1 heterocycles. The molecular weight excluding hydrogens is 421 g/mol. The zero-order valence-corrected chi connectivity index (χ0v) is 21.9. The van der Waals surface area contributed by atoms with Gasteiger partial charge in [-0.2, -0.15) is 0 Å². The van der Waals surface area contributed by atoms with Crippen molar-refractivity contribution in [3.63, 3.8) is 0 Å². The Balaban J connectivity index is 1.63. The van der Waals surface area contributed by atoms with E-state index >= 15 is 0 Å². The molecule has 2 aromatic rings. The smallest absolute Gasteiger partial charge is 0.119 e. The van der Waals surface area contributed by atoms with Gasteiger partial charge in [0.15, 0.2) is 0 Å². The molecular formula is C31H48FNO. The number of aromatic nitrogens is 1. The maximum atomic E-state index is 14.2. The molecule has 0 aliphatic rings. The summed E-state index contributed by atoms with van der Waals surface area (Å²) in [6, 6.07) is 12.3. The molecule has 2 rings (SSSR count). The van der Waals surface area contributed by atoms with Crippen molar-refractivity contribution in [1.82, 2.24) is 4.98 Å². The highest BCUT2D eigenvalue weighted by atomic mass is 19.1. The molecule has 0 aliphatic heterocycles. The van der Waals surface area contributed by atoms with Gasteiger partial charge in [-0.05, 0) is 61.6 Å². The second-order valence-electron chi connectivity index (χ2n) is 9.74. The van der Waals surface area contributed by atoms with Crippen molar-refractivity contribution in [1.29, 1.82) is 0 Å². The van der Waals surface area contributed by atoms with Crippen molar-refractivity contribution >= 4 is 0 Å². The average molecular weight is 470 g/mol. The Kier molecular flexibility index (Phi) is 15.4. The predicted molar refractivity (Wildman–Crippen MR) is 144 cm³/mol.